The zero-order valence-corrected chi connectivity index (χ0v) is 9.82. The molecule has 1 aromatic carbocycles. The Morgan fingerprint density at radius 3 is 2.62 bits per heavy atom. The maximum Gasteiger partial charge on any atom is 0.191 e. The third-order valence-corrected chi connectivity index (χ3v) is 1.98. The second kappa shape index (κ2) is 5.11. The van der Waals surface area contributed by atoms with Crippen LogP contribution in [0, 0.1) is 3.83 Å². The van der Waals surface area contributed by atoms with E-state index >= 15 is 0 Å². The molecule has 0 amide bonds. The van der Waals surface area contributed by atoms with E-state index in [-0.39, 0.29) is 0 Å². The Bertz CT molecular complexity index is 387. The fourth-order valence-corrected chi connectivity index (χ4v) is 1.35. The molecule has 13 heavy (non-hydrogen) atoms. The van der Waals surface area contributed by atoms with E-state index in [4.69, 9.17) is 0 Å². The van der Waals surface area contributed by atoms with Crippen LogP contribution >= 0.6 is 22.6 Å². The van der Waals surface area contributed by atoms with Crippen molar-refractivity contribution in [2.24, 2.45) is 0 Å². The molecule has 0 aliphatic carbocycles. The lowest BCUT2D eigenvalue weighted by Crippen LogP contribution is -1.85. The summed E-state index contributed by atoms with van der Waals surface area (Å²) in [6.45, 7) is 4.00. The van der Waals surface area contributed by atoms with Gasteiger partial charge in [-0.05, 0) is 6.07 Å². The summed E-state index contributed by atoms with van der Waals surface area (Å²) in [6.07, 6.45) is 1.84. The lowest BCUT2D eigenvalue weighted by Gasteiger charge is -1.94. The minimum atomic E-state index is 0.793. The number of benzene rings is 1. The van der Waals surface area contributed by atoms with Gasteiger partial charge in [-0.25, -0.2) is 9.97 Å². The van der Waals surface area contributed by atoms with Gasteiger partial charge in [-0.3, -0.25) is 0 Å². The number of fused-ring (bicyclic) bond motifs is 1. The number of nitrogens with zero attached hydrogens (tertiary/aromatic N) is 2. The summed E-state index contributed by atoms with van der Waals surface area (Å²) >= 11 is 2.11. The van der Waals surface area contributed by atoms with Gasteiger partial charge in [0.25, 0.3) is 0 Å². The number of hydrogen-bond acceptors (Lipinski definition) is 2. The molecule has 2 rings (SSSR count). The number of rotatable bonds is 0. The van der Waals surface area contributed by atoms with Crippen LogP contribution in [0.3, 0.4) is 0 Å². The van der Waals surface area contributed by atoms with Crippen molar-refractivity contribution in [3.63, 3.8) is 0 Å². The van der Waals surface area contributed by atoms with Crippen LogP contribution in [0.15, 0.2) is 30.5 Å². The molecular formula is C10H11IN2. The van der Waals surface area contributed by atoms with Gasteiger partial charge < -0.3 is 0 Å². The van der Waals surface area contributed by atoms with Crippen LogP contribution in [-0.4, -0.2) is 9.97 Å². The first-order chi connectivity index (χ1) is 6.36. The van der Waals surface area contributed by atoms with Gasteiger partial charge in [0.2, 0.25) is 0 Å². The molecule has 68 valence electrons. The highest BCUT2D eigenvalue weighted by Gasteiger charge is 1.93. The monoisotopic (exact) mass is 286 g/mol. The number of aromatic nitrogens is 2. The van der Waals surface area contributed by atoms with Gasteiger partial charge in [0.05, 0.1) is 5.52 Å². The third kappa shape index (κ3) is 2.62. The van der Waals surface area contributed by atoms with Gasteiger partial charge >= 0.3 is 0 Å². The molecule has 0 N–H and O–H groups in total. The van der Waals surface area contributed by atoms with Gasteiger partial charge in [-0.1, -0.05) is 32.0 Å². The fraction of sp³-hybridized carbons (Fsp3) is 0.200. The zero-order valence-electron chi connectivity index (χ0n) is 7.66. The lowest BCUT2D eigenvalue weighted by atomic mass is 10.2. The summed E-state index contributed by atoms with van der Waals surface area (Å²) in [5.41, 5.74) is 1.01. The molecular weight excluding hydrogens is 275 g/mol. The van der Waals surface area contributed by atoms with Crippen molar-refractivity contribution in [2.75, 3.05) is 0 Å². The second-order valence-corrected chi connectivity index (χ2v) is 3.16. The SMILES string of the molecule is CC.Ic1ncc2ccccc2n1. The fourth-order valence-electron chi connectivity index (χ4n) is 0.950. The van der Waals surface area contributed by atoms with Crippen LogP contribution < -0.4 is 0 Å². The summed E-state index contributed by atoms with van der Waals surface area (Å²) in [4.78, 5) is 8.33. The number of para-hydroxylation sites is 1. The number of halogens is 1. The molecule has 0 saturated carbocycles. The Hall–Kier alpha value is -0.710. The quantitative estimate of drug-likeness (QED) is 0.548. The van der Waals surface area contributed by atoms with E-state index in [2.05, 4.69) is 32.6 Å². The van der Waals surface area contributed by atoms with Crippen molar-refractivity contribution < 1.29 is 0 Å². The van der Waals surface area contributed by atoms with Gasteiger partial charge in [0.15, 0.2) is 3.83 Å². The topological polar surface area (TPSA) is 25.8 Å². The highest BCUT2D eigenvalue weighted by molar-refractivity contribution is 14.1. The minimum Gasteiger partial charge on any atom is -0.231 e. The van der Waals surface area contributed by atoms with Crippen molar-refractivity contribution in [3.05, 3.63) is 34.3 Å². The molecule has 1 aromatic heterocycles. The average Bonchev–Trinajstić information content (AvgIpc) is 2.21. The Morgan fingerprint density at radius 1 is 1.15 bits per heavy atom. The molecule has 0 aliphatic heterocycles. The zero-order chi connectivity index (χ0) is 9.68. The molecule has 0 bridgehead atoms. The Balaban J connectivity index is 0.000000396. The van der Waals surface area contributed by atoms with Crippen molar-refractivity contribution in [1.82, 2.24) is 9.97 Å². The first-order valence-corrected chi connectivity index (χ1v) is 5.31. The van der Waals surface area contributed by atoms with Crippen molar-refractivity contribution in [2.45, 2.75) is 13.8 Å². The van der Waals surface area contributed by atoms with Crippen LogP contribution in [0.1, 0.15) is 13.8 Å². The molecule has 0 radical (unpaired) electrons. The Labute approximate surface area is 91.5 Å². The molecule has 0 aliphatic rings. The smallest absolute Gasteiger partial charge is 0.191 e. The van der Waals surface area contributed by atoms with Gasteiger partial charge in [0, 0.05) is 34.2 Å². The average molecular weight is 286 g/mol. The summed E-state index contributed by atoms with van der Waals surface area (Å²) in [6, 6.07) is 7.95. The summed E-state index contributed by atoms with van der Waals surface area (Å²) in [5.74, 6) is 0. The third-order valence-electron chi connectivity index (χ3n) is 1.46. The van der Waals surface area contributed by atoms with E-state index < -0.39 is 0 Å². The molecule has 3 heteroatoms. The van der Waals surface area contributed by atoms with Crippen LogP contribution in [0.4, 0.5) is 0 Å². The van der Waals surface area contributed by atoms with Gasteiger partial charge in [0.1, 0.15) is 0 Å². The van der Waals surface area contributed by atoms with Gasteiger partial charge in [-0.15, -0.1) is 0 Å². The predicted octanol–water partition coefficient (Wildman–Crippen LogP) is 3.26. The first kappa shape index (κ1) is 10.4. The van der Waals surface area contributed by atoms with Crippen molar-refractivity contribution >= 4 is 33.5 Å². The van der Waals surface area contributed by atoms with Gasteiger partial charge in [-0.2, -0.15) is 0 Å². The molecule has 2 nitrogen and oxygen atoms in total. The summed E-state index contributed by atoms with van der Waals surface area (Å²) < 4.78 is 0.793. The van der Waals surface area contributed by atoms with Crippen molar-refractivity contribution in [3.8, 4) is 0 Å². The first-order valence-electron chi connectivity index (χ1n) is 4.23. The molecule has 0 unspecified atom stereocenters. The summed E-state index contributed by atoms with van der Waals surface area (Å²) in [7, 11) is 0. The maximum atomic E-state index is 4.25. The molecule has 0 fully saturated rings. The molecule has 0 atom stereocenters. The lowest BCUT2D eigenvalue weighted by molar-refractivity contribution is 1.15. The molecule has 0 spiro atoms. The largest absolute Gasteiger partial charge is 0.231 e. The van der Waals surface area contributed by atoms with E-state index in [1.807, 2.05) is 44.3 Å². The standard InChI is InChI=1S/C8H5IN2.C2H6/c9-8-10-5-6-3-1-2-4-7(6)11-8;1-2/h1-5H;1-2H3. The highest BCUT2D eigenvalue weighted by Crippen LogP contribution is 2.09. The van der Waals surface area contributed by atoms with Crippen LogP contribution in [0.5, 0.6) is 0 Å². The van der Waals surface area contributed by atoms with Crippen LogP contribution in [-0.2, 0) is 0 Å². The maximum absolute atomic E-state index is 4.25. The Kier molecular flexibility index (Phi) is 4.08. The molecule has 1 heterocycles. The van der Waals surface area contributed by atoms with E-state index in [1.165, 1.54) is 0 Å². The van der Waals surface area contributed by atoms with Crippen LogP contribution in [0.2, 0.25) is 0 Å². The summed E-state index contributed by atoms with van der Waals surface area (Å²) in [5, 5.41) is 1.09. The normalized spacial score (nSPS) is 9.15. The second-order valence-electron chi connectivity index (χ2n) is 2.20. The molecule has 2 aromatic rings. The van der Waals surface area contributed by atoms with E-state index in [0.29, 0.717) is 0 Å². The number of hydrogen-bond donors (Lipinski definition) is 0. The van der Waals surface area contributed by atoms with E-state index in [1.54, 1.807) is 0 Å². The molecule has 0 saturated heterocycles. The van der Waals surface area contributed by atoms with E-state index in [0.717, 1.165) is 14.7 Å². The van der Waals surface area contributed by atoms with E-state index in [9.17, 15) is 0 Å². The highest BCUT2D eigenvalue weighted by atomic mass is 127. The minimum absolute atomic E-state index is 0.793. The Morgan fingerprint density at radius 2 is 1.85 bits per heavy atom. The van der Waals surface area contributed by atoms with Crippen molar-refractivity contribution in [1.29, 1.82) is 0 Å². The van der Waals surface area contributed by atoms with Crippen LogP contribution in [0.25, 0.3) is 10.9 Å². The predicted molar refractivity (Wildman–Crippen MR) is 63.6 cm³/mol.